The van der Waals surface area contributed by atoms with Crippen molar-refractivity contribution < 1.29 is 27.8 Å². The van der Waals surface area contributed by atoms with Crippen molar-refractivity contribution in [3.8, 4) is 11.5 Å². The molecule has 1 atom stereocenters. The number of amides is 1. The van der Waals surface area contributed by atoms with E-state index in [0.29, 0.717) is 16.2 Å². The first-order valence-corrected chi connectivity index (χ1v) is 9.98. The molecule has 0 saturated carbocycles. The third-order valence-corrected chi connectivity index (χ3v) is 5.70. The number of aromatic hydroxyl groups is 1. The van der Waals surface area contributed by atoms with E-state index in [1.54, 1.807) is 24.3 Å². The number of phenols is 1. The van der Waals surface area contributed by atoms with Gasteiger partial charge >= 0.3 is 6.61 Å². The summed E-state index contributed by atoms with van der Waals surface area (Å²) < 4.78 is 43.8. The molecular weight excluding hydrogens is 429 g/mol. The van der Waals surface area contributed by atoms with Crippen molar-refractivity contribution in [2.24, 2.45) is 5.10 Å². The standard InChI is InChI=1S/C22H15F3N2O3S/c23-14-11-9-13(10-12-14)19-26-27(20(29)15-5-1-3-7-17(15)28)21(31-19)16-6-2-4-8-18(16)30-22(24)25/h1-12,21-22,28H. The molecule has 0 fully saturated rings. The number of nitrogens with zero attached hydrogens (tertiary/aromatic N) is 2. The van der Waals surface area contributed by atoms with Crippen LogP contribution in [0.3, 0.4) is 0 Å². The van der Waals surface area contributed by atoms with E-state index in [2.05, 4.69) is 9.84 Å². The average molecular weight is 444 g/mol. The maximum atomic E-state index is 13.3. The summed E-state index contributed by atoms with van der Waals surface area (Å²) in [5.41, 5.74) is 0.859. The maximum Gasteiger partial charge on any atom is 0.387 e. The van der Waals surface area contributed by atoms with E-state index < -0.39 is 23.7 Å². The predicted molar refractivity (Wildman–Crippen MR) is 111 cm³/mol. The predicted octanol–water partition coefficient (Wildman–Crippen LogP) is 5.38. The molecule has 0 saturated heterocycles. The molecule has 1 aliphatic heterocycles. The Hall–Kier alpha value is -3.46. The molecule has 1 unspecified atom stereocenters. The summed E-state index contributed by atoms with van der Waals surface area (Å²) in [6, 6.07) is 17.6. The Balaban J connectivity index is 1.78. The zero-order valence-electron chi connectivity index (χ0n) is 15.8. The fourth-order valence-corrected chi connectivity index (χ4v) is 4.24. The topological polar surface area (TPSA) is 62.1 Å². The fourth-order valence-electron chi connectivity index (χ4n) is 3.06. The van der Waals surface area contributed by atoms with Gasteiger partial charge in [0, 0.05) is 11.1 Å². The van der Waals surface area contributed by atoms with Crippen LogP contribution < -0.4 is 4.74 Å². The quantitative estimate of drug-likeness (QED) is 0.574. The highest BCUT2D eigenvalue weighted by atomic mass is 32.2. The van der Waals surface area contributed by atoms with Crippen molar-refractivity contribution in [1.82, 2.24) is 5.01 Å². The first-order chi connectivity index (χ1) is 14.9. The summed E-state index contributed by atoms with van der Waals surface area (Å²) in [6.07, 6.45) is 0. The second kappa shape index (κ2) is 8.73. The monoisotopic (exact) mass is 444 g/mol. The number of halogens is 3. The Morgan fingerprint density at radius 2 is 1.71 bits per heavy atom. The maximum absolute atomic E-state index is 13.3. The first-order valence-electron chi connectivity index (χ1n) is 9.10. The van der Waals surface area contributed by atoms with Crippen LogP contribution in [0.1, 0.15) is 26.9 Å². The summed E-state index contributed by atoms with van der Waals surface area (Å²) in [7, 11) is 0. The fraction of sp³-hybridized carbons (Fsp3) is 0.0909. The number of thioether (sulfide) groups is 1. The van der Waals surface area contributed by atoms with E-state index in [1.165, 1.54) is 48.5 Å². The zero-order chi connectivity index (χ0) is 22.0. The molecule has 0 bridgehead atoms. The number of ether oxygens (including phenoxy) is 1. The summed E-state index contributed by atoms with van der Waals surface area (Å²) in [5.74, 6) is -1.39. The van der Waals surface area contributed by atoms with Gasteiger partial charge in [-0.1, -0.05) is 42.1 Å². The highest BCUT2D eigenvalue weighted by Crippen LogP contribution is 2.45. The number of alkyl halides is 2. The Morgan fingerprint density at radius 3 is 2.42 bits per heavy atom. The van der Waals surface area contributed by atoms with Crippen LogP contribution >= 0.6 is 11.8 Å². The average Bonchev–Trinajstić information content (AvgIpc) is 3.19. The molecule has 3 aromatic rings. The molecule has 0 aliphatic carbocycles. The Morgan fingerprint density at radius 1 is 1.03 bits per heavy atom. The van der Waals surface area contributed by atoms with Crippen molar-refractivity contribution >= 4 is 22.7 Å². The van der Waals surface area contributed by atoms with Crippen LogP contribution in [0.4, 0.5) is 13.2 Å². The number of hydrogen-bond acceptors (Lipinski definition) is 5. The lowest BCUT2D eigenvalue weighted by Gasteiger charge is -2.23. The van der Waals surface area contributed by atoms with Crippen LogP contribution in [0, 0.1) is 5.82 Å². The molecule has 9 heteroatoms. The molecule has 5 nitrogen and oxygen atoms in total. The van der Waals surface area contributed by atoms with Crippen LogP contribution in [-0.4, -0.2) is 27.7 Å². The minimum atomic E-state index is -3.05. The third-order valence-electron chi connectivity index (χ3n) is 4.48. The number of rotatable bonds is 5. The Bertz CT molecular complexity index is 1140. The van der Waals surface area contributed by atoms with Gasteiger partial charge in [0.25, 0.3) is 5.91 Å². The van der Waals surface area contributed by atoms with Gasteiger partial charge in [-0.25, -0.2) is 9.40 Å². The van der Waals surface area contributed by atoms with Crippen molar-refractivity contribution in [3.05, 3.63) is 95.3 Å². The molecule has 1 amide bonds. The minimum absolute atomic E-state index is 0.00413. The van der Waals surface area contributed by atoms with Crippen LogP contribution in [0.15, 0.2) is 77.9 Å². The second-order valence-corrected chi connectivity index (χ2v) is 7.53. The normalized spacial score (nSPS) is 15.8. The van der Waals surface area contributed by atoms with Gasteiger partial charge in [0.2, 0.25) is 0 Å². The van der Waals surface area contributed by atoms with Gasteiger partial charge in [-0.15, -0.1) is 0 Å². The molecule has 31 heavy (non-hydrogen) atoms. The van der Waals surface area contributed by atoms with Gasteiger partial charge in [-0.05, 0) is 42.5 Å². The lowest BCUT2D eigenvalue weighted by atomic mass is 10.1. The van der Waals surface area contributed by atoms with Gasteiger partial charge in [-0.2, -0.15) is 13.9 Å². The van der Waals surface area contributed by atoms with Gasteiger partial charge in [0.1, 0.15) is 27.7 Å². The minimum Gasteiger partial charge on any atom is -0.507 e. The molecule has 0 aromatic heterocycles. The molecule has 1 heterocycles. The number of hydrazone groups is 1. The highest BCUT2D eigenvalue weighted by Gasteiger charge is 2.37. The first kappa shape index (κ1) is 20.8. The van der Waals surface area contributed by atoms with Gasteiger partial charge in [-0.3, -0.25) is 4.79 Å². The van der Waals surface area contributed by atoms with Crippen molar-refractivity contribution in [3.63, 3.8) is 0 Å². The van der Waals surface area contributed by atoms with E-state index in [9.17, 15) is 23.1 Å². The SMILES string of the molecule is O=C(c1ccccc1O)N1N=C(c2ccc(F)cc2)SC1c1ccccc1OC(F)F. The number of carbonyl (C=O) groups excluding carboxylic acids is 1. The lowest BCUT2D eigenvalue weighted by Crippen LogP contribution is -2.26. The van der Waals surface area contributed by atoms with Crippen LogP contribution in [0.5, 0.6) is 11.5 Å². The number of hydrogen-bond donors (Lipinski definition) is 1. The number of para-hydroxylation sites is 2. The third kappa shape index (κ3) is 4.36. The molecule has 3 aromatic carbocycles. The molecular formula is C22H15F3N2O3S. The molecule has 4 rings (SSSR count). The zero-order valence-corrected chi connectivity index (χ0v) is 16.6. The van der Waals surface area contributed by atoms with Gasteiger partial charge in [0.05, 0.1) is 5.56 Å². The van der Waals surface area contributed by atoms with Crippen molar-refractivity contribution in [2.75, 3.05) is 0 Å². The van der Waals surface area contributed by atoms with Gasteiger partial charge in [0.15, 0.2) is 0 Å². The van der Waals surface area contributed by atoms with E-state index in [0.717, 1.165) is 16.8 Å². The van der Waals surface area contributed by atoms with E-state index in [-0.39, 0.29) is 17.1 Å². The smallest absolute Gasteiger partial charge is 0.387 e. The highest BCUT2D eigenvalue weighted by molar-refractivity contribution is 8.14. The van der Waals surface area contributed by atoms with E-state index >= 15 is 0 Å². The van der Waals surface area contributed by atoms with Crippen molar-refractivity contribution in [2.45, 2.75) is 12.0 Å². The number of phenolic OH excluding ortho intramolecular Hbond substituents is 1. The van der Waals surface area contributed by atoms with Crippen LogP contribution in [0.2, 0.25) is 0 Å². The summed E-state index contributed by atoms with van der Waals surface area (Å²) in [6.45, 7) is -3.05. The van der Waals surface area contributed by atoms with Crippen LogP contribution in [0.25, 0.3) is 0 Å². The molecule has 0 spiro atoms. The van der Waals surface area contributed by atoms with E-state index in [4.69, 9.17) is 0 Å². The van der Waals surface area contributed by atoms with E-state index in [1.807, 2.05) is 0 Å². The molecule has 1 N–H and O–H groups in total. The molecule has 1 aliphatic rings. The number of carbonyl (C=O) groups is 1. The van der Waals surface area contributed by atoms with Crippen LogP contribution in [-0.2, 0) is 0 Å². The van der Waals surface area contributed by atoms with Crippen molar-refractivity contribution in [1.29, 1.82) is 0 Å². The Kier molecular flexibility index (Phi) is 5.85. The number of benzene rings is 3. The molecule has 158 valence electrons. The Labute approximate surface area is 179 Å². The summed E-state index contributed by atoms with van der Waals surface area (Å²) in [5, 5.41) is 15.1. The summed E-state index contributed by atoms with van der Waals surface area (Å²) in [4.78, 5) is 13.2. The largest absolute Gasteiger partial charge is 0.507 e. The molecule has 0 radical (unpaired) electrons. The summed E-state index contributed by atoms with van der Waals surface area (Å²) >= 11 is 1.13. The lowest BCUT2D eigenvalue weighted by molar-refractivity contribution is -0.0507. The van der Waals surface area contributed by atoms with Gasteiger partial charge < -0.3 is 9.84 Å². The second-order valence-electron chi connectivity index (χ2n) is 6.47.